The summed E-state index contributed by atoms with van der Waals surface area (Å²) in [5.74, 6) is -0.0283. The summed E-state index contributed by atoms with van der Waals surface area (Å²) in [5, 5.41) is 3.17. The molecule has 0 bridgehead atoms. The van der Waals surface area contributed by atoms with Crippen molar-refractivity contribution in [3.8, 4) is 11.1 Å². The fraction of sp³-hybridized carbons (Fsp3) is 0.200. The normalized spacial score (nSPS) is 16.5. The van der Waals surface area contributed by atoms with Crippen molar-refractivity contribution in [2.45, 2.75) is 19.0 Å². The molecule has 0 aromatic heterocycles. The van der Waals surface area contributed by atoms with Crippen LogP contribution in [0.5, 0.6) is 0 Å². The Balaban J connectivity index is 1.33. The summed E-state index contributed by atoms with van der Waals surface area (Å²) in [6.07, 6.45) is 1.81. The molecule has 0 spiro atoms. The van der Waals surface area contributed by atoms with Gasteiger partial charge < -0.3 is 5.32 Å². The van der Waals surface area contributed by atoms with E-state index in [1.807, 2.05) is 42.5 Å². The van der Waals surface area contributed by atoms with Crippen LogP contribution >= 0.6 is 0 Å². The van der Waals surface area contributed by atoms with Crippen molar-refractivity contribution in [3.05, 3.63) is 95.6 Å². The van der Waals surface area contributed by atoms with Crippen molar-refractivity contribution < 1.29 is 9.59 Å². The van der Waals surface area contributed by atoms with Crippen LogP contribution in [-0.2, 0) is 6.54 Å². The van der Waals surface area contributed by atoms with E-state index in [4.69, 9.17) is 0 Å². The molecule has 1 heterocycles. The maximum atomic E-state index is 12.6. The van der Waals surface area contributed by atoms with E-state index in [1.165, 1.54) is 5.56 Å². The first-order valence-corrected chi connectivity index (χ1v) is 9.94. The zero-order valence-corrected chi connectivity index (χ0v) is 16.3. The third-order valence-electron chi connectivity index (χ3n) is 5.38. The molecule has 1 N–H and O–H groups in total. The molecule has 1 aliphatic rings. The molecular weight excluding hydrogens is 360 g/mol. The topological polar surface area (TPSA) is 49.4 Å². The molecule has 0 saturated carbocycles. The van der Waals surface area contributed by atoms with E-state index in [0.717, 1.165) is 43.5 Å². The molecule has 1 amide bonds. The standard InChI is InChI=1S/C25H24N2O2/c28-18-20-6-8-21(9-7-20)22-10-12-23(13-11-22)25(29)26-24-14-15-27(17-24)16-19-4-2-1-3-5-19/h1-13,18,24H,14-17H2,(H,26,29)/t24-/m1/s1. The number of hydrogen-bond acceptors (Lipinski definition) is 3. The second-order valence-electron chi connectivity index (χ2n) is 7.50. The molecule has 0 unspecified atom stereocenters. The third-order valence-corrected chi connectivity index (χ3v) is 5.38. The molecule has 1 fully saturated rings. The number of rotatable bonds is 6. The van der Waals surface area contributed by atoms with Crippen LogP contribution in [0.4, 0.5) is 0 Å². The highest BCUT2D eigenvalue weighted by Gasteiger charge is 2.24. The highest BCUT2D eigenvalue weighted by Crippen LogP contribution is 2.20. The summed E-state index contributed by atoms with van der Waals surface area (Å²) in [6, 6.07) is 25.6. The predicted octanol–water partition coefficient (Wildman–Crippen LogP) is 4.17. The van der Waals surface area contributed by atoms with Crippen molar-refractivity contribution in [2.75, 3.05) is 13.1 Å². The maximum absolute atomic E-state index is 12.6. The van der Waals surface area contributed by atoms with Crippen LogP contribution < -0.4 is 5.32 Å². The fourth-order valence-corrected chi connectivity index (χ4v) is 3.77. The molecule has 3 aromatic carbocycles. The SMILES string of the molecule is O=Cc1ccc(-c2ccc(C(=O)N[C@@H]3CCN(Cc4ccccc4)C3)cc2)cc1. The molecule has 1 aliphatic heterocycles. The molecule has 4 rings (SSSR count). The van der Waals surface area contributed by atoms with Gasteiger partial charge in [0.1, 0.15) is 6.29 Å². The molecule has 146 valence electrons. The minimum atomic E-state index is -0.0283. The average Bonchev–Trinajstić information content (AvgIpc) is 3.21. The number of carbonyl (C=O) groups is 2. The van der Waals surface area contributed by atoms with Gasteiger partial charge in [-0.3, -0.25) is 14.5 Å². The summed E-state index contributed by atoms with van der Waals surface area (Å²) >= 11 is 0. The van der Waals surface area contributed by atoms with E-state index in [2.05, 4.69) is 34.5 Å². The lowest BCUT2D eigenvalue weighted by molar-refractivity contribution is 0.0937. The quantitative estimate of drug-likeness (QED) is 0.649. The zero-order valence-electron chi connectivity index (χ0n) is 16.3. The molecule has 1 atom stereocenters. The minimum absolute atomic E-state index is 0.0283. The van der Waals surface area contributed by atoms with Gasteiger partial charge >= 0.3 is 0 Å². The van der Waals surface area contributed by atoms with Gasteiger partial charge in [-0.2, -0.15) is 0 Å². The van der Waals surface area contributed by atoms with Crippen molar-refractivity contribution in [3.63, 3.8) is 0 Å². The number of aldehydes is 1. The predicted molar refractivity (Wildman–Crippen MR) is 115 cm³/mol. The van der Waals surface area contributed by atoms with Crippen LogP contribution in [0.3, 0.4) is 0 Å². The van der Waals surface area contributed by atoms with E-state index in [0.29, 0.717) is 11.1 Å². The number of nitrogens with one attached hydrogen (secondary N) is 1. The van der Waals surface area contributed by atoms with Gasteiger partial charge in [0, 0.05) is 36.8 Å². The number of nitrogens with zero attached hydrogens (tertiary/aromatic N) is 1. The van der Waals surface area contributed by atoms with E-state index in [1.54, 1.807) is 12.1 Å². The molecule has 0 radical (unpaired) electrons. The summed E-state index contributed by atoms with van der Waals surface area (Å²) < 4.78 is 0. The maximum Gasteiger partial charge on any atom is 0.251 e. The number of amides is 1. The Kier molecular flexibility index (Phi) is 5.82. The Morgan fingerprint density at radius 1 is 0.931 bits per heavy atom. The van der Waals surface area contributed by atoms with Gasteiger partial charge in [-0.1, -0.05) is 66.7 Å². The number of benzene rings is 3. The van der Waals surface area contributed by atoms with E-state index < -0.39 is 0 Å². The molecule has 4 nitrogen and oxygen atoms in total. The minimum Gasteiger partial charge on any atom is -0.348 e. The van der Waals surface area contributed by atoms with Gasteiger partial charge in [-0.05, 0) is 35.2 Å². The summed E-state index contributed by atoms with van der Waals surface area (Å²) in [6.45, 7) is 2.79. The van der Waals surface area contributed by atoms with Crippen LogP contribution in [-0.4, -0.2) is 36.2 Å². The van der Waals surface area contributed by atoms with Gasteiger partial charge in [-0.25, -0.2) is 0 Å². The van der Waals surface area contributed by atoms with Crippen LogP contribution in [0.1, 0.15) is 32.7 Å². The van der Waals surface area contributed by atoms with Crippen LogP contribution in [0.15, 0.2) is 78.9 Å². The molecule has 29 heavy (non-hydrogen) atoms. The molecule has 4 heteroatoms. The van der Waals surface area contributed by atoms with Crippen molar-refractivity contribution >= 4 is 12.2 Å². The summed E-state index contributed by atoms with van der Waals surface area (Å²) in [4.78, 5) is 25.8. The van der Waals surface area contributed by atoms with Crippen LogP contribution in [0, 0.1) is 0 Å². The van der Waals surface area contributed by atoms with Gasteiger partial charge in [-0.15, -0.1) is 0 Å². The zero-order chi connectivity index (χ0) is 20.1. The van der Waals surface area contributed by atoms with Crippen molar-refractivity contribution in [2.24, 2.45) is 0 Å². The van der Waals surface area contributed by atoms with Gasteiger partial charge in [0.25, 0.3) is 5.91 Å². The molecule has 1 saturated heterocycles. The third kappa shape index (κ3) is 4.79. The lowest BCUT2D eigenvalue weighted by atomic mass is 10.0. The monoisotopic (exact) mass is 384 g/mol. The Morgan fingerprint density at radius 2 is 1.59 bits per heavy atom. The van der Waals surface area contributed by atoms with Gasteiger partial charge in [0.15, 0.2) is 0 Å². The highest BCUT2D eigenvalue weighted by atomic mass is 16.1. The van der Waals surface area contributed by atoms with E-state index in [-0.39, 0.29) is 11.9 Å². The largest absolute Gasteiger partial charge is 0.348 e. The summed E-state index contributed by atoms with van der Waals surface area (Å²) in [7, 11) is 0. The average molecular weight is 384 g/mol. The Labute approximate surface area is 171 Å². The fourth-order valence-electron chi connectivity index (χ4n) is 3.77. The van der Waals surface area contributed by atoms with Crippen molar-refractivity contribution in [1.29, 1.82) is 0 Å². The second-order valence-corrected chi connectivity index (χ2v) is 7.50. The van der Waals surface area contributed by atoms with E-state index in [9.17, 15) is 9.59 Å². The molecule has 3 aromatic rings. The summed E-state index contributed by atoms with van der Waals surface area (Å²) in [5.41, 5.74) is 4.67. The van der Waals surface area contributed by atoms with Crippen LogP contribution in [0.25, 0.3) is 11.1 Å². The number of hydrogen-bond donors (Lipinski definition) is 1. The Bertz CT molecular complexity index is 966. The Hall–Kier alpha value is -3.24. The first-order chi connectivity index (χ1) is 14.2. The van der Waals surface area contributed by atoms with Crippen LogP contribution in [0.2, 0.25) is 0 Å². The first kappa shape index (κ1) is 19.1. The second kappa shape index (κ2) is 8.84. The van der Waals surface area contributed by atoms with Crippen molar-refractivity contribution in [1.82, 2.24) is 10.2 Å². The lowest BCUT2D eigenvalue weighted by Crippen LogP contribution is -2.36. The number of carbonyl (C=O) groups excluding carboxylic acids is 2. The van der Waals surface area contributed by atoms with Gasteiger partial charge in [0.05, 0.1) is 0 Å². The molecular formula is C25H24N2O2. The molecule has 0 aliphatic carbocycles. The lowest BCUT2D eigenvalue weighted by Gasteiger charge is -2.17. The Morgan fingerprint density at radius 3 is 2.24 bits per heavy atom. The smallest absolute Gasteiger partial charge is 0.251 e. The first-order valence-electron chi connectivity index (χ1n) is 9.94. The van der Waals surface area contributed by atoms with Gasteiger partial charge in [0.2, 0.25) is 0 Å². The van der Waals surface area contributed by atoms with E-state index >= 15 is 0 Å². The number of likely N-dealkylation sites (tertiary alicyclic amines) is 1. The highest BCUT2D eigenvalue weighted by molar-refractivity contribution is 5.95.